The molecule has 2 N–H and O–H groups in total. The van der Waals surface area contributed by atoms with Crippen LogP contribution in [0.25, 0.3) is 0 Å². The fourth-order valence-corrected chi connectivity index (χ4v) is 4.31. The van der Waals surface area contributed by atoms with E-state index in [1.54, 1.807) is 0 Å². The maximum atomic E-state index is 12.9. The molecule has 0 spiro atoms. The summed E-state index contributed by atoms with van der Waals surface area (Å²) >= 11 is 3.50. The van der Waals surface area contributed by atoms with Crippen LogP contribution in [0.15, 0.2) is 89.4 Å². The Morgan fingerprint density at radius 3 is 1.83 bits per heavy atom. The van der Waals surface area contributed by atoms with Gasteiger partial charge in [-0.1, -0.05) is 88.7 Å². The van der Waals surface area contributed by atoms with Crippen molar-refractivity contribution in [2.45, 2.75) is 37.3 Å². The molecule has 148 valence electrons. The van der Waals surface area contributed by atoms with Gasteiger partial charge in [0, 0.05) is 15.9 Å². The minimum absolute atomic E-state index is 0.0348. The van der Waals surface area contributed by atoms with E-state index < -0.39 is 0 Å². The molecule has 0 radical (unpaired) electrons. The molecule has 1 fully saturated rings. The fourth-order valence-electron chi connectivity index (χ4n) is 4.05. The van der Waals surface area contributed by atoms with E-state index in [0.29, 0.717) is 0 Å². The van der Waals surface area contributed by atoms with Gasteiger partial charge >= 0.3 is 6.03 Å². The molecule has 0 aliphatic heterocycles. The molecule has 1 saturated carbocycles. The molecule has 3 aromatic carbocycles. The number of benzene rings is 3. The normalized spacial score (nSPS) is 15.6. The summed E-state index contributed by atoms with van der Waals surface area (Å²) in [5.74, 6) is 0. The lowest BCUT2D eigenvalue weighted by Crippen LogP contribution is -2.47. The molecule has 3 aromatic rings. The Morgan fingerprint density at radius 2 is 1.34 bits per heavy atom. The molecule has 1 aliphatic rings. The largest absolute Gasteiger partial charge is 0.335 e. The lowest BCUT2D eigenvalue weighted by atomic mass is 9.89. The summed E-state index contributed by atoms with van der Waals surface area (Å²) in [4.78, 5) is 12.9. The monoisotopic (exact) mass is 448 g/mol. The van der Waals surface area contributed by atoms with E-state index in [-0.39, 0.29) is 23.5 Å². The third-order valence-electron chi connectivity index (χ3n) is 5.93. The summed E-state index contributed by atoms with van der Waals surface area (Å²) in [5, 5.41) is 6.39. The quantitative estimate of drug-likeness (QED) is 0.479. The lowest BCUT2D eigenvalue weighted by Gasteiger charge is -2.27. The standard InChI is InChI=1S/C25H25BrN2O/c1-18(25(16-17-25)21-12-14-22(26)15-13-21)27-24(29)28-23(19-8-4-2-5-9-19)20-10-6-3-7-11-20/h2-15,18,23H,16-17H2,1H3,(H2,27,28,29). The second-order valence-electron chi connectivity index (χ2n) is 7.76. The highest BCUT2D eigenvalue weighted by Crippen LogP contribution is 2.51. The van der Waals surface area contributed by atoms with Gasteiger partial charge in [0.1, 0.15) is 0 Å². The van der Waals surface area contributed by atoms with E-state index in [1.165, 1.54) is 5.56 Å². The van der Waals surface area contributed by atoms with Gasteiger partial charge in [-0.2, -0.15) is 0 Å². The highest BCUT2D eigenvalue weighted by molar-refractivity contribution is 9.10. The van der Waals surface area contributed by atoms with Crippen LogP contribution in [0.2, 0.25) is 0 Å². The lowest BCUT2D eigenvalue weighted by molar-refractivity contribution is 0.232. The van der Waals surface area contributed by atoms with E-state index in [1.807, 2.05) is 60.7 Å². The molecule has 0 saturated heterocycles. The second kappa shape index (κ2) is 8.42. The maximum absolute atomic E-state index is 12.9. The van der Waals surface area contributed by atoms with Crippen LogP contribution in [0.5, 0.6) is 0 Å². The zero-order valence-electron chi connectivity index (χ0n) is 16.4. The highest BCUT2D eigenvalue weighted by atomic mass is 79.9. The van der Waals surface area contributed by atoms with E-state index in [2.05, 4.69) is 57.8 Å². The predicted molar refractivity (Wildman–Crippen MR) is 121 cm³/mol. The topological polar surface area (TPSA) is 41.1 Å². The van der Waals surface area contributed by atoms with E-state index in [4.69, 9.17) is 0 Å². The Morgan fingerprint density at radius 1 is 0.828 bits per heavy atom. The van der Waals surface area contributed by atoms with Crippen molar-refractivity contribution in [2.75, 3.05) is 0 Å². The van der Waals surface area contributed by atoms with E-state index >= 15 is 0 Å². The first kappa shape index (κ1) is 19.7. The molecule has 1 atom stereocenters. The average molecular weight is 449 g/mol. The van der Waals surface area contributed by atoms with Crippen LogP contribution in [-0.2, 0) is 5.41 Å². The molecular formula is C25H25BrN2O. The van der Waals surface area contributed by atoms with Gasteiger partial charge in [0.2, 0.25) is 0 Å². The molecule has 0 bridgehead atoms. The van der Waals surface area contributed by atoms with Crippen LogP contribution >= 0.6 is 15.9 Å². The molecule has 3 nitrogen and oxygen atoms in total. The van der Waals surface area contributed by atoms with Crippen LogP contribution in [0.3, 0.4) is 0 Å². The molecule has 4 rings (SSSR count). The molecule has 29 heavy (non-hydrogen) atoms. The summed E-state index contributed by atoms with van der Waals surface area (Å²) in [6.07, 6.45) is 2.19. The third-order valence-corrected chi connectivity index (χ3v) is 6.45. The van der Waals surface area contributed by atoms with Crippen molar-refractivity contribution in [2.24, 2.45) is 0 Å². The number of urea groups is 1. The number of hydrogen-bond acceptors (Lipinski definition) is 1. The average Bonchev–Trinajstić information content (AvgIpc) is 3.56. The Hall–Kier alpha value is -2.59. The number of amides is 2. The highest BCUT2D eigenvalue weighted by Gasteiger charge is 2.49. The van der Waals surface area contributed by atoms with Crippen LogP contribution in [0.4, 0.5) is 4.79 Å². The number of carbonyl (C=O) groups excluding carboxylic acids is 1. The van der Waals surface area contributed by atoms with Gasteiger partial charge in [-0.3, -0.25) is 0 Å². The van der Waals surface area contributed by atoms with Crippen molar-refractivity contribution in [1.29, 1.82) is 0 Å². The number of halogens is 1. The van der Waals surface area contributed by atoms with Gasteiger partial charge in [-0.25, -0.2) is 4.79 Å². The third kappa shape index (κ3) is 4.38. The van der Waals surface area contributed by atoms with Crippen LogP contribution in [0, 0.1) is 0 Å². The van der Waals surface area contributed by atoms with Crippen molar-refractivity contribution in [3.8, 4) is 0 Å². The summed E-state index contributed by atoms with van der Waals surface area (Å²) in [7, 11) is 0. The predicted octanol–water partition coefficient (Wildman–Crippen LogP) is 5.96. The first-order valence-corrected chi connectivity index (χ1v) is 10.8. The Bertz CT molecular complexity index is 914. The number of hydrogen-bond donors (Lipinski definition) is 2. The zero-order chi connectivity index (χ0) is 20.3. The molecule has 0 aromatic heterocycles. The smallest absolute Gasteiger partial charge is 0.315 e. The zero-order valence-corrected chi connectivity index (χ0v) is 18.0. The molecule has 1 unspecified atom stereocenters. The van der Waals surface area contributed by atoms with Gasteiger partial charge in [0.05, 0.1) is 6.04 Å². The Labute approximate surface area is 180 Å². The summed E-state index contributed by atoms with van der Waals surface area (Å²) in [6.45, 7) is 2.11. The SMILES string of the molecule is CC(NC(=O)NC(c1ccccc1)c1ccccc1)C1(c2ccc(Br)cc2)CC1. The van der Waals surface area contributed by atoms with Crippen molar-refractivity contribution in [1.82, 2.24) is 10.6 Å². The van der Waals surface area contributed by atoms with Crippen molar-refractivity contribution >= 4 is 22.0 Å². The number of carbonyl (C=O) groups is 1. The number of rotatable bonds is 6. The summed E-state index contributed by atoms with van der Waals surface area (Å²) < 4.78 is 1.07. The fraction of sp³-hybridized carbons (Fsp3) is 0.240. The molecule has 1 aliphatic carbocycles. The van der Waals surface area contributed by atoms with Crippen LogP contribution < -0.4 is 10.6 Å². The first-order valence-electron chi connectivity index (χ1n) is 10.0. The minimum atomic E-state index is -0.188. The van der Waals surface area contributed by atoms with Gasteiger partial charge in [-0.05, 0) is 48.6 Å². The van der Waals surface area contributed by atoms with Gasteiger partial charge in [0.15, 0.2) is 0 Å². The van der Waals surface area contributed by atoms with Gasteiger partial charge < -0.3 is 10.6 Å². The first-order chi connectivity index (χ1) is 14.1. The van der Waals surface area contributed by atoms with E-state index in [9.17, 15) is 4.79 Å². The second-order valence-corrected chi connectivity index (χ2v) is 8.67. The Balaban J connectivity index is 1.49. The van der Waals surface area contributed by atoms with Crippen LogP contribution in [-0.4, -0.2) is 12.1 Å². The summed E-state index contributed by atoms with van der Waals surface area (Å²) in [5.41, 5.74) is 3.45. The van der Waals surface area contributed by atoms with Gasteiger partial charge in [-0.15, -0.1) is 0 Å². The minimum Gasteiger partial charge on any atom is -0.335 e. The molecule has 4 heteroatoms. The molecule has 2 amide bonds. The van der Waals surface area contributed by atoms with Crippen molar-refractivity contribution in [3.05, 3.63) is 106 Å². The van der Waals surface area contributed by atoms with Crippen molar-refractivity contribution < 1.29 is 4.79 Å². The number of nitrogens with one attached hydrogen (secondary N) is 2. The van der Waals surface area contributed by atoms with Crippen molar-refractivity contribution in [3.63, 3.8) is 0 Å². The maximum Gasteiger partial charge on any atom is 0.315 e. The van der Waals surface area contributed by atoms with Gasteiger partial charge in [0.25, 0.3) is 0 Å². The molecular weight excluding hydrogens is 424 g/mol. The molecule has 0 heterocycles. The Kier molecular flexibility index (Phi) is 5.72. The van der Waals surface area contributed by atoms with Crippen LogP contribution in [0.1, 0.15) is 42.5 Å². The summed E-state index contributed by atoms with van der Waals surface area (Å²) in [6, 6.07) is 28.3. The van der Waals surface area contributed by atoms with E-state index in [0.717, 1.165) is 28.4 Å².